The maximum absolute atomic E-state index is 5.75. The Labute approximate surface area is 115 Å². The van der Waals surface area contributed by atoms with Crippen LogP contribution in [-0.2, 0) is 6.54 Å². The molecule has 1 aromatic rings. The van der Waals surface area contributed by atoms with E-state index in [4.69, 9.17) is 4.42 Å². The molecule has 0 atom stereocenters. The third-order valence-corrected chi connectivity index (χ3v) is 3.86. The zero-order chi connectivity index (χ0) is 13.7. The quantitative estimate of drug-likeness (QED) is 0.744. The summed E-state index contributed by atoms with van der Waals surface area (Å²) in [6, 6.07) is 1.34. The Hall–Kier alpha value is -1.10. The summed E-state index contributed by atoms with van der Waals surface area (Å²) in [6.07, 6.45) is 4.93. The molecule has 0 amide bonds. The molecule has 0 bridgehead atoms. The predicted octanol–water partition coefficient (Wildman–Crippen LogP) is 2.58. The molecule has 0 aromatic carbocycles. The molecule has 1 saturated carbocycles. The molecule has 0 saturated heterocycles. The molecule has 0 unspecified atom stereocenters. The molecule has 1 N–H and O–H groups in total. The molecule has 0 radical (unpaired) electrons. The lowest BCUT2D eigenvalue weighted by Gasteiger charge is -2.23. The van der Waals surface area contributed by atoms with Crippen LogP contribution in [0, 0.1) is 5.92 Å². The molecule has 108 valence electrons. The van der Waals surface area contributed by atoms with Gasteiger partial charge in [0, 0.05) is 19.1 Å². The molecule has 1 aliphatic rings. The zero-order valence-electron chi connectivity index (χ0n) is 12.4. The van der Waals surface area contributed by atoms with E-state index in [1.165, 1.54) is 25.7 Å². The van der Waals surface area contributed by atoms with Gasteiger partial charge in [0.2, 0.25) is 5.89 Å². The normalized spacial score (nSPS) is 15.2. The second kappa shape index (κ2) is 6.89. The van der Waals surface area contributed by atoms with Crippen LogP contribution in [0.4, 0.5) is 6.01 Å². The first kappa shape index (κ1) is 14.3. The van der Waals surface area contributed by atoms with Crippen LogP contribution in [0.1, 0.15) is 52.3 Å². The van der Waals surface area contributed by atoms with Crippen molar-refractivity contribution in [2.45, 2.75) is 59.0 Å². The minimum Gasteiger partial charge on any atom is -0.407 e. The van der Waals surface area contributed by atoms with Crippen LogP contribution in [0.15, 0.2) is 4.42 Å². The van der Waals surface area contributed by atoms with Gasteiger partial charge in [0.05, 0.1) is 6.54 Å². The largest absolute Gasteiger partial charge is 0.407 e. The Balaban J connectivity index is 1.89. The number of anilines is 1. The van der Waals surface area contributed by atoms with Crippen molar-refractivity contribution in [3.8, 4) is 0 Å². The topological polar surface area (TPSA) is 54.2 Å². The lowest BCUT2D eigenvalue weighted by atomic mass is 10.0. The van der Waals surface area contributed by atoms with Crippen LogP contribution < -0.4 is 10.2 Å². The molecule has 1 aromatic heterocycles. The van der Waals surface area contributed by atoms with Crippen LogP contribution in [0.3, 0.4) is 0 Å². The van der Waals surface area contributed by atoms with E-state index in [2.05, 4.69) is 41.2 Å². The second-order valence-corrected chi connectivity index (χ2v) is 5.35. The van der Waals surface area contributed by atoms with Crippen molar-refractivity contribution in [3.63, 3.8) is 0 Å². The van der Waals surface area contributed by atoms with Gasteiger partial charge in [0.1, 0.15) is 0 Å². The second-order valence-electron chi connectivity index (χ2n) is 5.35. The minimum atomic E-state index is 0.669. The maximum atomic E-state index is 5.75. The first-order chi connectivity index (χ1) is 9.26. The highest BCUT2D eigenvalue weighted by Crippen LogP contribution is 2.20. The summed E-state index contributed by atoms with van der Waals surface area (Å²) in [4.78, 5) is 2.19. The molecule has 5 heteroatoms. The van der Waals surface area contributed by atoms with Crippen molar-refractivity contribution in [2.24, 2.45) is 5.92 Å². The molecule has 0 aliphatic heterocycles. The number of rotatable bonds is 9. The van der Waals surface area contributed by atoms with Gasteiger partial charge in [-0.1, -0.05) is 31.8 Å². The van der Waals surface area contributed by atoms with Gasteiger partial charge in [0.15, 0.2) is 0 Å². The number of hydrogen-bond donors (Lipinski definition) is 1. The summed E-state index contributed by atoms with van der Waals surface area (Å²) in [5, 5.41) is 11.7. The number of aromatic nitrogens is 2. The molecule has 19 heavy (non-hydrogen) atoms. The standard InChI is InChI=1S/C14H26N4O/c1-4-11(5-2)10-18(6-3)14-17-16-13(19-14)9-15-12-7-8-12/h11-12,15H,4-10H2,1-3H3. The molecule has 1 heterocycles. The Kier molecular flexibility index (Phi) is 5.19. The molecular weight excluding hydrogens is 240 g/mol. The first-order valence-corrected chi connectivity index (χ1v) is 7.57. The van der Waals surface area contributed by atoms with Crippen LogP contribution in [-0.4, -0.2) is 29.3 Å². The fourth-order valence-corrected chi connectivity index (χ4v) is 2.16. The van der Waals surface area contributed by atoms with Crippen molar-refractivity contribution in [1.29, 1.82) is 0 Å². The lowest BCUT2D eigenvalue weighted by molar-refractivity contribution is 0.433. The highest BCUT2D eigenvalue weighted by molar-refractivity contribution is 5.23. The van der Waals surface area contributed by atoms with Crippen LogP contribution in [0.25, 0.3) is 0 Å². The van der Waals surface area contributed by atoms with E-state index in [-0.39, 0.29) is 0 Å². The summed E-state index contributed by atoms with van der Waals surface area (Å²) in [6.45, 7) is 9.21. The fourth-order valence-electron chi connectivity index (χ4n) is 2.16. The highest BCUT2D eigenvalue weighted by Gasteiger charge is 2.22. The van der Waals surface area contributed by atoms with Gasteiger partial charge in [-0.05, 0) is 25.7 Å². The highest BCUT2D eigenvalue weighted by atomic mass is 16.4. The van der Waals surface area contributed by atoms with E-state index < -0.39 is 0 Å². The van der Waals surface area contributed by atoms with Crippen LogP contribution in [0.5, 0.6) is 0 Å². The van der Waals surface area contributed by atoms with E-state index in [9.17, 15) is 0 Å². The van der Waals surface area contributed by atoms with Gasteiger partial charge in [-0.25, -0.2) is 0 Å². The average Bonchev–Trinajstić information content (AvgIpc) is 3.16. The van der Waals surface area contributed by atoms with E-state index in [0.29, 0.717) is 30.4 Å². The predicted molar refractivity (Wildman–Crippen MR) is 76.1 cm³/mol. The number of nitrogens with one attached hydrogen (secondary N) is 1. The lowest BCUT2D eigenvalue weighted by Crippen LogP contribution is -2.29. The fraction of sp³-hybridized carbons (Fsp3) is 0.857. The van der Waals surface area contributed by atoms with Crippen molar-refractivity contribution in [1.82, 2.24) is 15.5 Å². The minimum absolute atomic E-state index is 0.669. The van der Waals surface area contributed by atoms with Gasteiger partial charge < -0.3 is 14.6 Å². The third kappa shape index (κ3) is 4.20. The van der Waals surface area contributed by atoms with Crippen molar-refractivity contribution >= 4 is 6.01 Å². The number of hydrogen-bond acceptors (Lipinski definition) is 5. The van der Waals surface area contributed by atoms with Gasteiger partial charge in [-0.15, -0.1) is 5.10 Å². The molecule has 1 aliphatic carbocycles. The van der Waals surface area contributed by atoms with Crippen molar-refractivity contribution in [2.75, 3.05) is 18.0 Å². The summed E-state index contributed by atoms with van der Waals surface area (Å²) < 4.78 is 5.75. The van der Waals surface area contributed by atoms with E-state index in [1.54, 1.807) is 0 Å². The summed E-state index contributed by atoms with van der Waals surface area (Å²) in [7, 11) is 0. The van der Waals surface area contributed by atoms with Gasteiger partial charge in [-0.2, -0.15) is 0 Å². The zero-order valence-corrected chi connectivity index (χ0v) is 12.4. The Morgan fingerprint density at radius 1 is 1.26 bits per heavy atom. The van der Waals surface area contributed by atoms with Crippen LogP contribution >= 0.6 is 0 Å². The van der Waals surface area contributed by atoms with Crippen molar-refractivity contribution in [3.05, 3.63) is 5.89 Å². The SMILES string of the molecule is CCC(CC)CN(CC)c1nnc(CNC2CC2)o1. The van der Waals surface area contributed by atoms with E-state index >= 15 is 0 Å². The van der Waals surface area contributed by atoms with Gasteiger partial charge >= 0.3 is 6.01 Å². The molecular formula is C14H26N4O. The number of nitrogens with zero attached hydrogens (tertiary/aromatic N) is 3. The smallest absolute Gasteiger partial charge is 0.318 e. The molecule has 2 rings (SSSR count). The van der Waals surface area contributed by atoms with Gasteiger partial charge in [0.25, 0.3) is 0 Å². The Bertz CT molecular complexity index is 371. The third-order valence-electron chi connectivity index (χ3n) is 3.86. The summed E-state index contributed by atoms with van der Waals surface area (Å²) >= 11 is 0. The summed E-state index contributed by atoms with van der Waals surface area (Å²) in [5.74, 6) is 1.39. The monoisotopic (exact) mass is 266 g/mol. The summed E-state index contributed by atoms with van der Waals surface area (Å²) in [5.41, 5.74) is 0. The van der Waals surface area contributed by atoms with Gasteiger partial charge in [-0.3, -0.25) is 0 Å². The molecule has 5 nitrogen and oxygen atoms in total. The van der Waals surface area contributed by atoms with Crippen LogP contribution in [0.2, 0.25) is 0 Å². The Morgan fingerprint density at radius 3 is 2.58 bits per heavy atom. The Morgan fingerprint density at radius 2 is 2.00 bits per heavy atom. The first-order valence-electron chi connectivity index (χ1n) is 7.57. The van der Waals surface area contributed by atoms with E-state index in [0.717, 1.165) is 13.1 Å². The molecule has 0 spiro atoms. The van der Waals surface area contributed by atoms with E-state index in [1.807, 2.05) is 0 Å². The van der Waals surface area contributed by atoms with Crippen molar-refractivity contribution < 1.29 is 4.42 Å². The average molecular weight is 266 g/mol. The molecule has 1 fully saturated rings. The maximum Gasteiger partial charge on any atom is 0.318 e.